The van der Waals surface area contributed by atoms with Crippen molar-refractivity contribution in [1.82, 2.24) is 15.1 Å². The molecule has 1 heterocycles. The van der Waals surface area contributed by atoms with E-state index >= 15 is 0 Å². The minimum atomic E-state index is -0.334. The van der Waals surface area contributed by atoms with Crippen LogP contribution in [-0.4, -0.2) is 66.8 Å². The molecule has 1 saturated heterocycles. The fraction of sp³-hybridized carbons (Fsp3) is 0.800. The summed E-state index contributed by atoms with van der Waals surface area (Å²) in [4.78, 5) is 39.0. The largest absolute Gasteiger partial charge is 0.346 e. The van der Waals surface area contributed by atoms with E-state index in [1.807, 2.05) is 4.90 Å². The van der Waals surface area contributed by atoms with Crippen molar-refractivity contribution in [2.75, 3.05) is 39.3 Å². The van der Waals surface area contributed by atoms with Gasteiger partial charge in [0.2, 0.25) is 17.7 Å². The predicted octanol–water partition coefficient (Wildman–Crippen LogP) is -0.266. The maximum Gasteiger partial charge on any atom is 0.242 e. The van der Waals surface area contributed by atoms with Crippen LogP contribution in [0.1, 0.15) is 32.1 Å². The van der Waals surface area contributed by atoms with Crippen LogP contribution in [-0.2, 0) is 14.4 Å². The van der Waals surface area contributed by atoms with Gasteiger partial charge in [-0.3, -0.25) is 14.4 Å². The molecule has 0 bridgehead atoms. The van der Waals surface area contributed by atoms with Gasteiger partial charge in [0.05, 0.1) is 13.1 Å². The van der Waals surface area contributed by atoms with Crippen molar-refractivity contribution in [2.24, 2.45) is 11.7 Å². The zero-order valence-corrected chi connectivity index (χ0v) is 14.3. The Morgan fingerprint density at radius 3 is 2.09 bits per heavy atom. The van der Waals surface area contributed by atoms with Gasteiger partial charge < -0.3 is 20.9 Å². The summed E-state index contributed by atoms with van der Waals surface area (Å²) in [6.45, 7) is 2.12. The Morgan fingerprint density at radius 2 is 1.52 bits per heavy atom. The highest BCUT2D eigenvalue weighted by Gasteiger charge is 2.29. The first kappa shape index (κ1) is 19.7. The van der Waals surface area contributed by atoms with Gasteiger partial charge in [-0.1, -0.05) is 19.3 Å². The zero-order valence-electron chi connectivity index (χ0n) is 13.5. The topological polar surface area (TPSA) is 95.7 Å². The molecule has 0 radical (unpaired) electrons. The van der Waals surface area contributed by atoms with Crippen molar-refractivity contribution >= 4 is 30.1 Å². The number of amides is 3. The van der Waals surface area contributed by atoms with Crippen LogP contribution in [0.4, 0.5) is 0 Å². The van der Waals surface area contributed by atoms with Gasteiger partial charge in [-0.05, 0) is 12.8 Å². The molecule has 0 aromatic carbocycles. The summed E-state index contributed by atoms with van der Waals surface area (Å²) >= 11 is 0. The molecule has 2 fully saturated rings. The summed E-state index contributed by atoms with van der Waals surface area (Å²) in [6.07, 6.45) is 5.54. The van der Waals surface area contributed by atoms with Crippen molar-refractivity contribution in [1.29, 1.82) is 0 Å². The van der Waals surface area contributed by atoms with Crippen LogP contribution >= 0.6 is 12.4 Å². The number of piperazine rings is 1. The molecule has 0 unspecified atom stereocenters. The van der Waals surface area contributed by atoms with Gasteiger partial charge in [0, 0.05) is 32.1 Å². The van der Waals surface area contributed by atoms with Crippen LogP contribution < -0.4 is 11.1 Å². The highest BCUT2D eigenvalue weighted by atomic mass is 35.5. The molecule has 7 nitrogen and oxygen atoms in total. The van der Waals surface area contributed by atoms with Crippen LogP contribution in [0.5, 0.6) is 0 Å². The third-order valence-electron chi connectivity index (χ3n) is 4.52. The molecule has 2 aliphatic rings. The molecular weight excluding hydrogens is 320 g/mol. The van der Waals surface area contributed by atoms with E-state index in [1.54, 1.807) is 4.90 Å². The first-order valence-electron chi connectivity index (χ1n) is 8.15. The molecule has 132 valence electrons. The lowest BCUT2D eigenvalue weighted by molar-refractivity contribution is -0.142. The molecule has 0 aromatic heterocycles. The van der Waals surface area contributed by atoms with E-state index in [4.69, 9.17) is 5.73 Å². The summed E-state index contributed by atoms with van der Waals surface area (Å²) in [7, 11) is 0. The molecule has 1 aliphatic heterocycles. The Balaban J connectivity index is 0.00000264. The summed E-state index contributed by atoms with van der Waals surface area (Å²) < 4.78 is 0. The number of nitrogens with two attached hydrogens (primary N) is 1. The van der Waals surface area contributed by atoms with Gasteiger partial charge in [0.15, 0.2) is 0 Å². The van der Waals surface area contributed by atoms with Crippen LogP contribution in [0.2, 0.25) is 0 Å². The van der Waals surface area contributed by atoms with Crippen LogP contribution in [0.15, 0.2) is 0 Å². The Labute approximate surface area is 143 Å². The van der Waals surface area contributed by atoms with E-state index in [2.05, 4.69) is 5.32 Å². The number of nitrogens with zero attached hydrogens (tertiary/aromatic N) is 2. The van der Waals surface area contributed by atoms with Gasteiger partial charge >= 0.3 is 0 Å². The lowest BCUT2D eigenvalue weighted by Crippen LogP contribution is -2.54. The predicted molar refractivity (Wildman–Crippen MR) is 89.0 cm³/mol. The summed E-state index contributed by atoms with van der Waals surface area (Å²) in [5.41, 5.74) is 5.18. The molecule has 8 heteroatoms. The molecule has 23 heavy (non-hydrogen) atoms. The lowest BCUT2D eigenvalue weighted by atomic mass is 9.88. The van der Waals surface area contributed by atoms with Gasteiger partial charge in [0.25, 0.3) is 0 Å². The van der Waals surface area contributed by atoms with E-state index in [9.17, 15) is 14.4 Å². The Kier molecular flexibility index (Phi) is 8.33. The van der Waals surface area contributed by atoms with Gasteiger partial charge in [0.1, 0.15) is 0 Å². The van der Waals surface area contributed by atoms with Crippen molar-refractivity contribution in [3.63, 3.8) is 0 Å². The number of carbonyl (C=O) groups excluding carboxylic acids is 3. The van der Waals surface area contributed by atoms with Crippen LogP contribution in [0, 0.1) is 5.92 Å². The monoisotopic (exact) mass is 346 g/mol. The van der Waals surface area contributed by atoms with E-state index in [0.717, 1.165) is 25.7 Å². The van der Waals surface area contributed by atoms with E-state index in [-0.39, 0.29) is 49.1 Å². The maximum absolute atomic E-state index is 12.4. The first-order chi connectivity index (χ1) is 10.6. The summed E-state index contributed by atoms with van der Waals surface area (Å²) in [5.74, 6) is -0.0193. The molecule has 0 spiro atoms. The minimum absolute atomic E-state index is 0. The van der Waals surface area contributed by atoms with Gasteiger partial charge in [-0.25, -0.2) is 0 Å². The second kappa shape index (κ2) is 9.72. The number of halogens is 1. The van der Waals surface area contributed by atoms with E-state index < -0.39 is 0 Å². The molecule has 1 aliphatic carbocycles. The second-order valence-corrected chi connectivity index (χ2v) is 6.02. The van der Waals surface area contributed by atoms with Crippen molar-refractivity contribution in [3.8, 4) is 0 Å². The number of rotatable bonds is 4. The van der Waals surface area contributed by atoms with Crippen molar-refractivity contribution < 1.29 is 14.4 Å². The Bertz CT molecular complexity index is 419. The molecule has 3 amide bonds. The lowest BCUT2D eigenvalue weighted by Gasteiger charge is -2.37. The number of hydrogen-bond donors (Lipinski definition) is 2. The molecule has 0 atom stereocenters. The van der Waals surface area contributed by atoms with E-state index in [1.165, 1.54) is 6.42 Å². The number of hydrogen-bond acceptors (Lipinski definition) is 4. The van der Waals surface area contributed by atoms with Crippen LogP contribution in [0.25, 0.3) is 0 Å². The SMILES string of the molecule is Cl.NCC(=O)NCC(=O)N1CCN(C(=O)C2CCCCC2)CC1. The standard InChI is InChI=1S/C15H26N4O3.ClH/c16-10-13(20)17-11-14(21)18-6-8-19(9-7-18)15(22)12-4-2-1-3-5-12;/h12H,1-11,16H2,(H,17,20);1H. The molecule has 0 aromatic rings. The Hall–Kier alpha value is -1.34. The highest BCUT2D eigenvalue weighted by Crippen LogP contribution is 2.25. The smallest absolute Gasteiger partial charge is 0.242 e. The molecule has 2 rings (SSSR count). The quantitative estimate of drug-likeness (QED) is 0.732. The Morgan fingerprint density at radius 1 is 0.957 bits per heavy atom. The third kappa shape index (κ3) is 5.66. The normalized spacial score (nSPS) is 19.0. The second-order valence-electron chi connectivity index (χ2n) is 6.02. The van der Waals surface area contributed by atoms with Crippen molar-refractivity contribution in [2.45, 2.75) is 32.1 Å². The van der Waals surface area contributed by atoms with E-state index in [0.29, 0.717) is 26.2 Å². The van der Waals surface area contributed by atoms with Crippen LogP contribution in [0.3, 0.4) is 0 Å². The molecular formula is C15H27ClN4O3. The highest BCUT2D eigenvalue weighted by molar-refractivity contribution is 5.86. The fourth-order valence-electron chi connectivity index (χ4n) is 3.14. The number of nitrogens with one attached hydrogen (secondary N) is 1. The molecule has 3 N–H and O–H groups in total. The van der Waals surface area contributed by atoms with Gasteiger partial charge in [-0.2, -0.15) is 0 Å². The fourth-order valence-corrected chi connectivity index (χ4v) is 3.14. The zero-order chi connectivity index (χ0) is 15.9. The maximum atomic E-state index is 12.4. The summed E-state index contributed by atoms with van der Waals surface area (Å²) in [6, 6.07) is 0. The van der Waals surface area contributed by atoms with Crippen molar-refractivity contribution in [3.05, 3.63) is 0 Å². The number of carbonyl (C=O) groups is 3. The average Bonchev–Trinajstić information content (AvgIpc) is 2.59. The first-order valence-corrected chi connectivity index (χ1v) is 8.15. The minimum Gasteiger partial charge on any atom is -0.346 e. The third-order valence-corrected chi connectivity index (χ3v) is 4.52. The van der Waals surface area contributed by atoms with Gasteiger partial charge in [-0.15, -0.1) is 12.4 Å². The average molecular weight is 347 g/mol. The molecule has 1 saturated carbocycles. The summed E-state index contributed by atoms with van der Waals surface area (Å²) in [5, 5.41) is 2.48.